The zero-order valence-corrected chi connectivity index (χ0v) is 15.5. The molecule has 3 rings (SSSR count). The number of aliphatic hydroxyl groups is 1. The molecule has 2 aromatic heterocycles. The van der Waals surface area contributed by atoms with E-state index in [9.17, 15) is 13.5 Å². The van der Waals surface area contributed by atoms with Gasteiger partial charge >= 0.3 is 0 Å². The third kappa shape index (κ3) is 4.16. The molecule has 0 saturated heterocycles. The van der Waals surface area contributed by atoms with Gasteiger partial charge in [0.15, 0.2) is 11.5 Å². The molecule has 0 aliphatic rings. The molecule has 0 aliphatic carbocycles. The normalized spacial score (nSPS) is 12.7. The van der Waals surface area contributed by atoms with Gasteiger partial charge < -0.3 is 23.4 Å². The van der Waals surface area contributed by atoms with Gasteiger partial charge in [0, 0.05) is 12.6 Å². The first kappa shape index (κ1) is 19.0. The standard InChI is InChI=1S/C18H19NO7S/c1-23-12-5-6-17(24-2)18(10-12)27(21,22)19-11-13(20)14-7-8-16(26-14)15-4-3-9-25-15/h3-10,13,19-20H,11H2,1-2H3. The summed E-state index contributed by atoms with van der Waals surface area (Å²) in [5.74, 6) is 1.69. The van der Waals surface area contributed by atoms with Gasteiger partial charge in [0.1, 0.15) is 28.3 Å². The van der Waals surface area contributed by atoms with E-state index < -0.39 is 16.1 Å². The predicted octanol–water partition coefficient (Wildman–Crippen LogP) is 2.57. The first-order valence-electron chi connectivity index (χ1n) is 7.98. The fraction of sp³-hybridized carbons (Fsp3) is 0.222. The Morgan fingerprint density at radius 3 is 2.59 bits per heavy atom. The minimum atomic E-state index is -3.95. The van der Waals surface area contributed by atoms with Crippen LogP contribution in [0.1, 0.15) is 11.9 Å². The van der Waals surface area contributed by atoms with Crippen LogP contribution in [0.4, 0.5) is 0 Å². The summed E-state index contributed by atoms with van der Waals surface area (Å²) >= 11 is 0. The molecule has 1 atom stereocenters. The van der Waals surface area contributed by atoms with E-state index >= 15 is 0 Å². The number of methoxy groups -OCH3 is 2. The largest absolute Gasteiger partial charge is 0.497 e. The van der Waals surface area contributed by atoms with Crippen molar-refractivity contribution < 1.29 is 31.8 Å². The number of nitrogens with one attached hydrogen (secondary N) is 1. The summed E-state index contributed by atoms with van der Waals surface area (Å²) < 4.78 is 48.5. The van der Waals surface area contributed by atoms with Gasteiger partial charge in [0.25, 0.3) is 0 Å². The van der Waals surface area contributed by atoms with E-state index in [4.69, 9.17) is 18.3 Å². The molecule has 2 N–H and O–H groups in total. The van der Waals surface area contributed by atoms with Gasteiger partial charge in [-0.15, -0.1) is 0 Å². The van der Waals surface area contributed by atoms with Gasteiger partial charge in [-0.25, -0.2) is 13.1 Å². The third-order valence-corrected chi connectivity index (χ3v) is 5.29. The number of rotatable bonds is 8. The summed E-state index contributed by atoms with van der Waals surface area (Å²) in [5.41, 5.74) is 0. The van der Waals surface area contributed by atoms with E-state index in [1.54, 1.807) is 30.3 Å². The molecule has 2 heterocycles. The fourth-order valence-electron chi connectivity index (χ4n) is 2.44. The van der Waals surface area contributed by atoms with Gasteiger partial charge in [-0.1, -0.05) is 0 Å². The maximum absolute atomic E-state index is 12.6. The smallest absolute Gasteiger partial charge is 0.244 e. The number of aliphatic hydroxyl groups excluding tert-OH is 1. The lowest BCUT2D eigenvalue weighted by atomic mass is 10.3. The molecule has 0 radical (unpaired) electrons. The number of sulfonamides is 1. The molecule has 0 spiro atoms. The molecule has 0 amide bonds. The average molecular weight is 393 g/mol. The number of furan rings is 2. The molecule has 3 aromatic rings. The number of ether oxygens (including phenoxy) is 2. The van der Waals surface area contributed by atoms with Crippen LogP contribution in [0.15, 0.2) is 62.5 Å². The summed E-state index contributed by atoms with van der Waals surface area (Å²) in [6.45, 7) is -0.284. The Morgan fingerprint density at radius 2 is 1.93 bits per heavy atom. The summed E-state index contributed by atoms with van der Waals surface area (Å²) in [6, 6.07) is 11.0. The summed E-state index contributed by atoms with van der Waals surface area (Å²) in [6.07, 6.45) is 0.323. The quantitative estimate of drug-likeness (QED) is 0.605. The third-order valence-electron chi connectivity index (χ3n) is 3.85. The maximum atomic E-state index is 12.6. The predicted molar refractivity (Wildman–Crippen MR) is 96.1 cm³/mol. The Hall–Kier alpha value is -2.75. The van der Waals surface area contributed by atoms with Crippen molar-refractivity contribution >= 4 is 10.0 Å². The van der Waals surface area contributed by atoms with Crippen molar-refractivity contribution in [1.29, 1.82) is 0 Å². The van der Waals surface area contributed by atoms with Crippen LogP contribution in [0.5, 0.6) is 11.5 Å². The van der Waals surface area contributed by atoms with Crippen LogP contribution < -0.4 is 14.2 Å². The van der Waals surface area contributed by atoms with Crippen molar-refractivity contribution in [1.82, 2.24) is 4.72 Å². The molecule has 0 bridgehead atoms. The van der Waals surface area contributed by atoms with Crippen LogP contribution >= 0.6 is 0 Å². The summed E-state index contributed by atoms with van der Waals surface area (Å²) in [4.78, 5) is -0.0905. The second-order valence-electron chi connectivity index (χ2n) is 5.56. The molecule has 0 saturated carbocycles. The van der Waals surface area contributed by atoms with E-state index in [0.717, 1.165) is 0 Å². The molecule has 0 fully saturated rings. The maximum Gasteiger partial charge on any atom is 0.244 e. The Labute approximate surface area is 156 Å². The molecule has 9 heteroatoms. The highest BCUT2D eigenvalue weighted by Gasteiger charge is 2.23. The van der Waals surface area contributed by atoms with Crippen molar-refractivity contribution in [3.8, 4) is 23.0 Å². The van der Waals surface area contributed by atoms with Crippen molar-refractivity contribution in [2.24, 2.45) is 0 Å². The van der Waals surface area contributed by atoms with Crippen molar-refractivity contribution in [3.63, 3.8) is 0 Å². The van der Waals surface area contributed by atoms with E-state index in [1.807, 2.05) is 0 Å². The lowest BCUT2D eigenvalue weighted by molar-refractivity contribution is 0.154. The van der Waals surface area contributed by atoms with Gasteiger partial charge in [-0.2, -0.15) is 0 Å². The first-order valence-corrected chi connectivity index (χ1v) is 9.46. The Kier molecular flexibility index (Phi) is 5.54. The van der Waals surface area contributed by atoms with Crippen molar-refractivity contribution in [2.45, 2.75) is 11.0 Å². The fourth-order valence-corrected chi connectivity index (χ4v) is 3.66. The Balaban J connectivity index is 1.74. The van der Waals surface area contributed by atoms with Gasteiger partial charge in [0.2, 0.25) is 10.0 Å². The minimum Gasteiger partial charge on any atom is -0.497 e. The van der Waals surface area contributed by atoms with Crippen LogP contribution in [0.25, 0.3) is 11.5 Å². The highest BCUT2D eigenvalue weighted by atomic mass is 32.2. The Bertz CT molecular complexity index is 993. The molecule has 1 unspecified atom stereocenters. The SMILES string of the molecule is COc1ccc(OC)c(S(=O)(=O)NCC(O)c2ccc(-c3ccco3)o2)c1. The molecule has 144 valence electrons. The van der Waals surface area contributed by atoms with Gasteiger partial charge in [0.05, 0.1) is 20.5 Å². The van der Waals surface area contributed by atoms with Gasteiger partial charge in [-0.05, 0) is 36.4 Å². The van der Waals surface area contributed by atoms with Crippen molar-refractivity contribution in [2.75, 3.05) is 20.8 Å². The highest BCUT2D eigenvalue weighted by Crippen LogP contribution is 2.29. The average Bonchev–Trinajstić information content (AvgIpc) is 3.37. The second-order valence-corrected chi connectivity index (χ2v) is 7.30. The molecule has 1 aromatic carbocycles. The molecular formula is C18H19NO7S. The van der Waals surface area contributed by atoms with Crippen LogP contribution in [0.3, 0.4) is 0 Å². The van der Waals surface area contributed by atoms with Crippen LogP contribution in [0, 0.1) is 0 Å². The topological polar surface area (TPSA) is 111 Å². The second kappa shape index (κ2) is 7.87. The zero-order valence-electron chi connectivity index (χ0n) is 14.7. The summed E-state index contributed by atoms with van der Waals surface area (Å²) in [5, 5.41) is 10.3. The number of hydrogen-bond donors (Lipinski definition) is 2. The highest BCUT2D eigenvalue weighted by molar-refractivity contribution is 7.89. The van der Waals surface area contributed by atoms with E-state index in [0.29, 0.717) is 17.3 Å². The van der Waals surface area contributed by atoms with Crippen LogP contribution in [-0.2, 0) is 10.0 Å². The molecule has 0 aliphatic heterocycles. The number of hydrogen-bond acceptors (Lipinski definition) is 7. The van der Waals surface area contributed by atoms with Crippen LogP contribution in [0.2, 0.25) is 0 Å². The van der Waals surface area contributed by atoms with E-state index in [1.165, 1.54) is 32.6 Å². The molecule has 27 heavy (non-hydrogen) atoms. The van der Waals surface area contributed by atoms with Crippen molar-refractivity contribution in [3.05, 3.63) is 54.5 Å². The summed E-state index contributed by atoms with van der Waals surface area (Å²) in [7, 11) is -1.15. The monoisotopic (exact) mass is 393 g/mol. The molecular weight excluding hydrogens is 374 g/mol. The Morgan fingerprint density at radius 1 is 1.11 bits per heavy atom. The van der Waals surface area contributed by atoms with Crippen LogP contribution in [-0.4, -0.2) is 34.3 Å². The number of benzene rings is 1. The minimum absolute atomic E-state index is 0.0905. The van der Waals surface area contributed by atoms with E-state index in [2.05, 4.69) is 4.72 Å². The lowest BCUT2D eigenvalue weighted by Gasteiger charge is -2.13. The van der Waals surface area contributed by atoms with E-state index in [-0.39, 0.29) is 22.9 Å². The van der Waals surface area contributed by atoms with Gasteiger partial charge in [-0.3, -0.25) is 0 Å². The lowest BCUT2D eigenvalue weighted by Crippen LogP contribution is -2.28. The zero-order chi connectivity index (χ0) is 19.4. The first-order chi connectivity index (χ1) is 12.9. The molecule has 8 nitrogen and oxygen atoms in total.